The highest BCUT2D eigenvalue weighted by molar-refractivity contribution is 5.32. The molecule has 1 rings (SSSR count). The third-order valence-corrected chi connectivity index (χ3v) is 2.52. The van der Waals surface area contributed by atoms with E-state index in [2.05, 4.69) is 5.32 Å². The van der Waals surface area contributed by atoms with Gasteiger partial charge in [-0.25, -0.2) is 0 Å². The number of hydrogen-bond acceptors (Lipinski definition) is 4. The quantitative estimate of drug-likeness (QED) is 0.738. The Kier molecular flexibility index (Phi) is 6.72. The molecule has 0 heterocycles. The van der Waals surface area contributed by atoms with Crippen LogP contribution in [0.15, 0.2) is 24.3 Å². The molecule has 0 bridgehead atoms. The maximum atomic E-state index is 9.68. The normalized spacial score (nSPS) is 12.7. The largest absolute Gasteiger partial charge is 0.496 e. The van der Waals surface area contributed by atoms with E-state index in [-0.39, 0.29) is 0 Å². The van der Waals surface area contributed by atoms with E-state index in [0.717, 1.165) is 11.3 Å². The van der Waals surface area contributed by atoms with Gasteiger partial charge in [0.05, 0.1) is 26.4 Å². The van der Waals surface area contributed by atoms with Crippen LogP contribution < -0.4 is 10.1 Å². The van der Waals surface area contributed by atoms with Gasteiger partial charge in [-0.2, -0.15) is 0 Å². The van der Waals surface area contributed by atoms with Crippen LogP contribution in [-0.4, -0.2) is 37.5 Å². The summed E-state index contributed by atoms with van der Waals surface area (Å²) in [5.41, 5.74) is 0.990. The number of aliphatic hydroxyl groups is 1. The molecule has 4 nitrogen and oxygen atoms in total. The van der Waals surface area contributed by atoms with Crippen molar-refractivity contribution in [3.05, 3.63) is 29.8 Å². The Morgan fingerprint density at radius 2 is 2.00 bits per heavy atom. The molecule has 18 heavy (non-hydrogen) atoms. The lowest BCUT2D eigenvalue weighted by Crippen LogP contribution is -2.34. The van der Waals surface area contributed by atoms with Gasteiger partial charge in [0.15, 0.2) is 0 Å². The fourth-order valence-electron chi connectivity index (χ4n) is 1.56. The molecular formula is C14H23NO3. The number of methoxy groups -OCH3 is 1. The summed E-state index contributed by atoms with van der Waals surface area (Å²) in [4.78, 5) is 0. The molecule has 0 saturated heterocycles. The molecule has 2 N–H and O–H groups in total. The Bertz CT molecular complexity index is 342. The number of rotatable bonds is 8. The molecule has 0 spiro atoms. The minimum atomic E-state index is -0.484. The van der Waals surface area contributed by atoms with E-state index in [1.165, 1.54) is 0 Å². The predicted molar refractivity (Wildman–Crippen MR) is 71.8 cm³/mol. The summed E-state index contributed by atoms with van der Waals surface area (Å²) in [6.07, 6.45) is -0.484. The van der Waals surface area contributed by atoms with E-state index in [4.69, 9.17) is 9.47 Å². The van der Waals surface area contributed by atoms with Crippen molar-refractivity contribution in [3.8, 4) is 5.75 Å². The second kappa shape index (κ2) is 8.08. The molecule has 1 aromatic carbocycles. The number of hydrogen-bond donors (Lipinski definition) is 2. The Balaban J connectivity index is 2.28. The molecule has 0 aliphatic heterocycles. The number of benzene rings is 1. The summed E-state index contributed by atoms with van der Waals surface area (Å²) in [5, 5.41) is 12.8. The Morgan fingerprint density at radius 1 is 1.28 bits per heavy atom. The van der Waals surface area contributed by atoms with Gasteiger partial charge < -0.3 is 19.9 Å². The second-order valence-electron chi connectivity index (χ2n) is 4.54. The molecule has 1 atom stereocenters. The van der Waals surface area contributed by atoms with Gasteiger partial charge in [-0.3, -0.25) is 0 Å². The van der Waals surface area contributed by atoms with Gasteiger partial charge in [0, 0.05) is 18.2 Å². The first-order valence-electron chi connectivity index (χ1n) is 6.24. The average molecular weight is 253 g/mol. The van der Waals surface area contributed by atoms with Crippen molar-refractivity contribution in [1.82, 2.24) is 5.32 Å². The third-order valence-electron chi connectivity index (χ3n) is 2.52. The Hall–Kier alpha value is -1.10. The fraction of sp³-hybridized carbons (Fsp3) is 0.571. The second-order valence-corrected chi connectivity index (χ2v) is 4.54. The monoisotopic (exact) mass is 253 g/mol. The molecule has 102 valence electrons. The van der Waals surface area contributed by atoms with Gasteiger partial charge >= 0.3 is 0 Å². The summed E-state index contributed by atoms with van der Waals surface area (Å²) in [7, 11) is 1.64. The lowest BCUT2D eigenvalue weighted by molar-refractivity contribution is 0.0274. The SMILES string of the molecule is COc1ccccc1COCC(O)CNC(C)C. The van der Waals surface area contributed by atoms with E-state index in [1.807, 2.05) is 38.1 Å². The predicted octanol–water partition coefficient (Wildman–Crippen LogP) is 1.57. The summed E-state index contributed by atoms with van der Waals surface area (Å²) >= 11 is 0. The van der Waals surface area contributed by atoms with Gasteiger partial charge in [0.2, 0.25) is 0 Å². The molecular weight excluding hydrogens is 230 g/mol. The fourth-order valence-corrected chi connectivity index (χ4v) is 1.56. The Labute approximate surface area is 109 Å². The first-order valence-corrected chi connectivity index (χ1v) is 6.24. The van der Waals surface area contributed by atoms with E-state index in [0.29, 0.717) is 25.8 Å². The van der Waals surface area contributed by atoms with E-state index < -0.39 is 6.10 Å². The first-order chi connectivity index (χ1) is 8.63. The van der Waals surface area contributed by atoms with Gasteiger partial charge in [0.25, 0.3) is 0 Å². The molecule has 0 saturated carbocycles. The number of ether oxygens (including phenoxy) is 2. The molecule has 0 amide bonds. The van der Waals surface area contributed by atoms with Crippen LogP contribution in [0.1, 0.15) is 19.4 Å². The summed E-state index contributed by atoms with van der Waals surface area (Å²) in [5.74, 6) is 0.812. The van der Waals surface area contributed by atoms with E-state index in [1.54, 1.807) is 7.11 Å². The van der Waals surface area contributed by atoms with Crippen LogP contribution in [0.3, 0.4) is 0 Å². The van der Waals surface area contributed by atoms with Crippen molar-refractivity contribution in [2.45, 2.75) is 32.6 Å². The van der Waals surface area contributed by atoms with Crippen molar-refractivity contribution in [2.24, 2.45) is 0 Å². The van der Waals surface area contributed by atoms with E-state index in [9.17, 15) is 5.11 Å². The van der Waals surface area contributed by atoms with Crippen LogP contribution in [-0.2, 0) is 11.3 Å². The first kappa shape index (κ1) is 15.0. The lowest BCUT2D eigenvalue weighted by Gasteiger charge is -2.15. The van der Waals surface area contributed by atoms with Crippen LogP contribution in [0.4, 0.5) is 0 Å². The van der Waals surface area contributed by atoms with Crippen molar-refractivity contribution >= 4 is 0 Å². The van der Waals surface area contributed by atoms with Crippen molar-refractivity contribution < 1.29 is 14.6 Å². The molecule has 0 aromatic heterocycles. The summed E-state index contributed by atoms with van der Waals surface area (Å²) < 4.78 is 10.7. The number of para-hydroxylation sites is 1. The van der Waals surface area contributed by atoms with Gasteiger partial charge in [0.1, 0.15) is 5.75 Å². The lowest BCUT2D eigenvalue weighted by atomic mass is 10.2. The maximum Gasteiger partial charge on any atom is 0.124 e. The van der Waals surface area contributed by atoms with Crippen molar-refractivity contribution in [3.63, 3.8) is 0 Å². The number of nitrogens with one attached hydrogen (secondary N) is 1. The third kappa shape index (κ3) is 5.49. The highest BCUT2D eigenvalue weighted by Gasteiger charge is 2.06. The summed E-state index contributed by atoms with van der Waals surface area (Å²) in [6.45, 7) is 5.40. The molecule has 4 heteroatoms. The van der Waals surface area contributed by atoms with Crippen LogP contribution in [0.5, 0.6) is 5.75 Å². The zero-order chi connectivity index (χ0) is 13.4. The minimum Gasteiger partial charge on any atom is -0.496 e. The molecule has 0 aliphatic rings. The Morgan fingerprint density at radius 3 is 2.67 bits per heavy atom. The van der Waals surface area contributed by atoms with Crippen molar-refractivity contribution in [2.75, 3.05) is 20.3 Å². The van der Waals surface area contributed by atoms with Gasteiger partial charge in [-0.05, 0) is 6.07 Å². The summed E-state index contributed by atoms with van der Waals surface area (Å²) in [6, 6.07) is 8.09. The minimum absolute atomic E-state index is 0.317. The van der Waals surface area contributed by atoms with Crippen LogP contribution in [0, 0.1) is 0 Å². The van der Waals surface area contributed by atoms with Gasteiger partial charge in [-0.1, -0.05) is 32.0 Å². The highest BCUT2D eigenvalue weighted by atomic mass is 16.5. The maximum absolute atomic E-state index is 9.68. The highest BCUT2D eigenvalue weighted by Crippen LogP contribution is 2.17. The zero-order valence-corrected chi connectivity index (χ0v) is 11.3. The van der Waals surface area contributed by atoms with Gasteiger partial charge in [-0.15, -0.1) is 0 Å². The zero-order valence-electron chi connectivity index (χ0n) is 11.3. The van der Waals surface area contributed by atoms with Crippen LogP contribution in [0.25, 0.3) is 0 Å². The van der Waals surface area contributed by atoms with Crippen molar-refractivity contribution in [1.29, 1.82) is 0 Å². The molecule has 1 aromatic rings. The molecule has 1 unspecified atom stereocenters. The van der Waals surface area contributed by atoms with E-state index >= 15 is 0 Å². The topological polar surface area (TPSA) is 50.7 Å². The molecule has 0 radical (unpaired) electrons. The molecule has 0 aliphatic carbocycles. The van der Waals surface area contributed by atoms with Crippen LogP contribution >= 0.6 is 0 Å². The average Bonchev–Trinajstić information content (AvgIpc) is 2.37. The number of aliphatic hydroxyl groups excluding tert-OH is 1. The molecule has 0 fully saturated rings. The standard InChI is InChI=1S/C14H23NO3/c1-11(2)15-8-13(16)10-18-9-12-6-4-5-7-14(12)17-3/h4-7,11,13,15-16H,8-10H2,1-3H3. The smallest absolute Gasteiger partial charge is 0.124 e. The van der Waals surface area contributed by atoms with Crippen LogP contribution in [0.2, 0.25) is 0 Å².